The van der Waals surface area contributed by atoms with Crippen LogP contribution in [-0.2, 0) is 9.53 Å². The van der Waals surface area contributed by atoms with Crippen LogP contribution in [-0.4, -0.2) is 33.8 Å². The van der Waals surface area contributed by atoms with Gasteiger partial charge in [-0.25, -0.2) is 0 Å². The Morgan fingerprint density at radius 1 is 1.09 bits per heavy atom. The van der Waals surface area contributed by atoms with Crippen molar-refractivity contribution < 1.29 is 14.6 Å². The number of unbranched alkanes of at least 4 members (excludes halogenated alkanes) is 1. The second-order valence-corrected chi connectivity index (χ2v) is 8.79. The van der Waals surface area contributed by atoms with E-state index < -0.39 is 5.97 Å². The molecule has 2 aliphatic heterocycles. The highest BCUT2D eigenvalue weighted by atomic mass is 32.2. The number of carbonyl (C=O) groups is 1. The van der Waals surface area contributed by atoms with Gasteiger partial charge in [0.15, 0.2) is 0 Å². The van der Waals surface area contributed by atoms with E-state index in [1.807, 2.05) is 0 Å². The SMILES string of the molecule is O=C(O)CCC/C=C\C[C@@H]1[C@H](SC2CCCCC2)[C@@H]2CC[C@H]1O2. The summed E-state index contributed by atoms with van der Waals surface area (Å²) in [5.41, 5.74) is 0. The number of carboxylic acids is 1. The van der Waals surface area contributed by atoms with Gasteiger partial charge in [-0.3, -0.25) is 4.79 Å². The van der Waals surface area contributed by atoms with E-state index in [1.165, 1.54) is 44.9 Å². The molecule has 1 aliphatic carbocycles. The smallest absolute Gasteiger partial charge is 0.303 e. The number of carboxylic acid groups (broad SMARTS) is 1. The molecule has 0 radical (unpaired) electrons. The van der Waals surface area contributed by atoms with Crippen LogP contribution in [0.1, 0.15) is 70.6 Å². The van der Waals surface area contributed by atoms with Crippen LogP contribution in [0.25, 0.3) is 0 Å². The summed E-state index contributed by atoms with van der Waals surface area (Å²) >= 11 is 2.23. The Kier molecular flexibility index (Phi) is 6.46. The van der Waals surface area contributed by atoms with Gasteiger partial charge in [-0.05, 0) is 44.9 Å². The summed E-state index contributed by atoms with van der Waals surface area (Å²) in [5, 5.41) is 10.2. The van der Waals surface area contributed by atoms with E-state index in [0.29, 0.717) is 23.4 Å². The monoisotopic (exact) mass is 338 g/mol. The van der Waals surface area contributed by atoms with Crippen LogP contribution in [0.3, 0.4) is 0 Å². The fourth-order valence-electron chi connectivity index (χ4n) is 4.37. The number of ether oxygens (including phenoxy) is 1. The highest BCUT2D eigenvalue weighted by Crippen LogP contribution is 2.49. The molecule has 3 rings (SSSR count). The molecule has 0 amide bonds. The molecule has 0 aromatic heterocycles. The van der Waals surface area contributed by atoms with Gasteiger partial charge in [0, 0.05) is 22.8 Å². The lowest BCUT2D eigenvalue weighted by molar-refractivity contribution is -0.137. The first-order valence-corrected chi connectivity index (χ1v) is 10.4. The van der Waals surface area contributed by atoms with Crippen molar-refractivity contribution in [2.24, 2.45) is 5.92 Å². The Morgan fingerprint density at radius 3 is 2.65 bits per heavy atom. The molecule has 130 valence electrons. The fourth-order valence-corrected chi connectivity index (χ4v) is 6.29. The van der Waals surface area contributed by atoms with Gasteiger partial charge in [0.05, 0.1) is 12.2 Å². The van der Waals surface area contributed by atoms with Crippen LogP contribution in [0.4, 0.5) is 0 Å². The Balaban J connectivity index is 1.46. The highest BCUT2D eigenvalue weighted by molar-refractivity contribution is 8.00. The Bertz CT molecular complexity index is 417. The summed E-state index contributed by atoms with van der Waals surface area (Å²) in [6, 6.07) is 0. The molecule has 0 aromatic carbocycles. The second-order valence-electron chi connectivity index (χ2n) is 7.31. The maximum atomic E-state index is 10.5. The zero-order valence-corrected chi connectivity index (χ0v) is 14.8. The fraction of sp³-hybridized carbons (Fsp3) is 0.842. The molecule has 2 bridgehead atoms. The molecule has 0 unspecified atom stereocenters. The number of thioether (sulfide) groups is 1. The Labute approximate surface area is 144 Å². The van der Waals surface area contributed by atoms with Gasteiger partial charge >= 0.3 is 5.97 Å². The average Bonchev–Trinajstić information content (AvgIpc) is 3.14. The molecule has 1 N–H and O–H groups in total. The third kappa shape index (κ3) is 4.76. The number of hydrogen-bond acceptors (Lipinski definition) is 3. The molecule has 3 aliphatic rings. The maximum absolute atomic E-state index is 10.5. The summed E-state index contributed by atoms with van der Waals surface area (Å²) in [4.78, 5) is 10.5. The molecule has 4 heteroatoms. The Morgan fingerprint density at radius 2 is 1.87 bits per heavy atom. The predicted molar refractivity (Wildman–Crippen MR) is 94.9 cm³/mol. The van der Waals surface area contributed by atoms with Crippen molar-refractivity contribution in [3.05, 3.63) is 12.2 Å². The van der Waals surface area contributed by atoms with E-state index in [2.05, 4.69) is 23.9 Å². The molecule has 3 nitrogen and oxygen atoms in total. The zero-order valence-electron chi connectivity index (χ0n) is 14.0. The van der Waals surface area contributed by atoms with Gasteiger partial charge in [-0.15, -0.1) is 0 Å². The van der Waals surface area contributed by atoms with Gasteiger partial charge in [0.2, 0.25) is 0 Å². The first-order valence-electron chi connectivity index (χ1n) is 9.42. The quantitative estimate of drug-likeness (QED) is 0.510. The molecule has 1 saturated carbocycles. The Hall–Kier alpha value is -0.480. The average molecular weight is 339 g/mol. The minimum Gasteiger partial charge on any atom is -0.481 e. The van der Waals surface area contributed by atoms with E-state index in [-0.39, 0.29) is 6.42 Å². The first-order chi connectivity index (χ1) is 11.2. The molecular formula is C19H30O3S. The van der Waals surface area contributed by atoms with Gasteiger partial charge in [0.25, 0.3) is 0 Å². The molecule has 0 aromatic rings. The lowest BCUT2D eigenvalue weighted by Crippen LogP contribution is -2.31. The van der Waals surface area contributed by atoms with Crippen LogP contribution in [0.5, 0.6) is 0 Å². The van der Waals surface area contributed by atoms with E-state index in [0.717, 1.165) is 24.5 Å². The van der Waals surface area contributed by atoms with Crippen LogP contribution in [0.2, 0.25) is 0 Å². The molecule has 23 heavy (non-hydrogen) atoms. The number of rotatable bonds is 8. The maximum Gasteiger partial charge on any atom is 0.303 e. The largest absolute Gasteiger partial charge is 0.481 e. The van der Waals surface area contributed by atoms with Gasteiger partial charge in [0.1, 0.15) is 0 Å². The highest BCUT2D eigenvalue weighted by Gasteiger charge is 2.49. The molecular weight excluding hydrogens is 308 g/mol. The lowest BCUT2D eigenvalue weighted by Gasteiger charge is -2.31. The topological polar surface area (TPSA) is 46.5 Å². The van der Waals surface area contributed by atoms with Gasteiger partial charge in [-0.2, -0.15) is 11.8 Å². The number of hydrogen-bond donors (Lipinski definition) is 1. The molecule has 3 fully saturated rings. The molecule has 4 atom stereocenters. The number of aliphatic carboxylic acids is 1. The standard InChI is InChI=1S/C19H30O3S/c20-18(21)11-7-2-1-6-10-15-16-12-13-17(22-16)19(15)23-14-8-4-3-5-9-14/h1,6,14-17,19H,2-5,7-13H2,(H,20,21)/b6-1-/t15-,16+,17-,19-/m0/s1. The summed E-state index contributed by atoms with van der Waals surface area (Å²) in [5.74, 6) is -0.0137. The van der Waals surface area contributed by atoms with Crippen LogP contribution < -0.4 is 0 Å². The van der Waals surface area contributed by atoms with Gasteiger partial charge in [-0.1, -0.05) is 31.4 Å². The van der Waals surface area contributed by atoms with E-state index in [1.54, 1.807) is 0 Å². The van der Waals surface area contributed by atoms with Crippen molar-refractivity contribution in [3.63, 3.8) is 0 Å². The summed E-state index contributed by atoms with van der Waals surface area (Å²) in [7, 11) is 0. The minimum absolute atomic E-state index is 0.279. The number of fused-ring (bicyclic) bond motifs is 2. The van der Waals surface area contributed by atoms with E-state index >= 15 is 0 Å². The van der Waals surface area contributed by atoms with Crippen molar-refractivity contribution in [3.8, 4) is 0 Å². The van der Waals surface area contributed by atoms with E-state index in [4.69, 9.17) is 9.84 Å². The van der Waals surface area contributed by atoms with Crippen LogP contribution >= 0.6 is 11.8 Å². The van der Waals surface area contributed by atoms with Crippen molar-refractivity contribution >= 4 is 17.7 Å². The van der Waals surface area contributed by atoms with Crippen molar-refractivity contribution in [1.82, 2.24) is 0 Å². The zero-order chi connectivity index (χ0) is 16.1. The molecule has 2 heterocycles. The minimum atomic E-state index is -0.691. The van der Waals surface area contributed by atoms with E-state index in [9.17, 15) is 4.79 Å². The summed E-state index contributed by atoms with van der Waals surface area (Å²) in [6.07, 6.45) is 18.0. The van der Waals surface area contributed by atoms with Crippen molar-refractivity contribution in [1.29, 1.82) is 0 Å². The first kappa shape index (κ1) is 17.3. The molecule has 2 saturated heterocycles. The predicted octanol–water partition coefficient (Wildman–Crippen LogP) is 4.80. The van der Waals surface area contributed by atoms with Crippen molar-refractivity contribution in [2.75, 3.05) is 0 Å². The van der Waals surface area contributed by atoms with Crippen molar-refractivity contribution in [2.45, 2.75) is 93.3 Å². The normalized spacial score (nSPS) is 34.4. The van der Waals surface area contributed by atoms with Crippen LogP contribution in [0, 0.1) is 5.92 Å². The second kappa shape index (κ2) is 8.57. The molecule has 0 spiro atoms. The third-order valence-corrected chi connectivity index (χ3v) is 7.41. The summed E-state index contributed by atoms with van der Waals surface area (Å²) in [6.45, 7) is 0. The number of allylic oxidation sites excluding steroid dienone is 2. The third-order valence-electron chi connectivity index (χ3n) is 5.59. The van der Waals surface area contributed by atoms with Gasteiger partial charge < -0.3 is 9.84 Å². The van der Waals surface area contributed by atoms with Crippen LogP contribution in [0.15, 0.2) is 12.2 Å². The summed E-state index contributed by atoms with van der Waals surface area (Å²) < 4.78 is 6.22. The lowest BCUT2D eigenvalue weighted by atomic mass is 9.86.